The average molecular weight is 424 g/mol. The molecule has 0 N–H and O–H groups in total. The van der Waals surface area contributed by atoms with Crippen LogP contribution in [0.25, 0.3) is 32.7 Å². The summed E-state index contributed by atoms with van der Waals surface area (Å²) in [6.07, 6.45) is 5.87. The molecule has 3 aromatic carbocycles. The highest BCUT2D eigenvalue weighted by Crippen LogP contribution is 2.68. The van der Waals surface area contributed by atoms with Gasteiger partial charge in [-0.25, -0.2) is 0 Å². The fourth-order valence-corrected chi connectivity index (χ4v) is 5.70. The van der Waals surface area contributed by atoms with E-state index >= 15 is 0 Å². The number of rotatable bonds is 3. The van der Waals surface area contributed by atoms with Crippen LogP contribution in [0.2, 0.25) is 0 Å². The summed E-state index contributed by atoms with van der Waals surface area (Å²) >= 11 is 0. The molecule has 3 aromatic heterocycles. The second kappa shape index (κ2) is 7.21. The van der Waals surface area contributed by atoms with Crippen LogP contribution in [0.4, 0.5) is 0 Å². The standard InChI is InChI=1S/C30H21N3/c1-4-10-25-19(7-1)22(13-16-31-25)28-29(23-14-17-32-26-11-5-2-8-20(23)26)30(28)24-15-18-33-27-12-6-3-9-21(24)27/h1-18,28-30H. The van der Waals surface area contributed by atoms with Gasteiger partial charge in [-0.2, -0.15) is 0 Å². The van der Waals surface area contributed by atoms with Crippen LogP contribution in [-0.2, 0) is 0 Å². The van der Waals surface area contributed by atoms with Crippen LogP contribution in [0, 0.1) is 0 Å². The zero-order valence-corrected chi connectivity index (χ0v) is 18.0. The Morgan fingerprint density at radius 1 is 0.364 bits per heavy atom. The monoisotopic (exact) mass is 423 g/mol. The van der Waals surface area contributed by atoms with E-state index in [1.54, 1.807) is 0 Å². The molecule has 3 heterocycles. The first kappa shape index (κ1) is 18.5. The van der Waals surface area contributed by atoms with Crippen LogP contribution in [-0.4, -0.2) is 15.0 Å². The highest BCUT2D eigenvalue weighted by atomic mass is 14.7. The predicted molar refractivity (Wildman–Crippen MR) is 133 cm³/mol. The van der Waals surface area contributed by atoms with Crippen molar-refractivity contribution in [2.24, 2.45) is 0 Å². The molecule has 0 amide bonds. The summed E-state index contributed by atoms with van der Waals surface area (Å²) in [4.78, 5) is 13.9. The quantitative estimate of drug-likeness (QED) is 0.308. The van der Waals surface area contributed by atoms with Crippen molar-refractivity contribution in [1.82, 2.24) is 15.0 Å². The van der Waals surface area contributed by atoms with E-state index in [4.69, 9.17) is 0 Å². The molecule has 1 saturated carbocycles. The molecule has 0 unspecified atom stereocenters. The third-order valence-electron chi connectivity index (χ3n) is 7.15. The summed E-state index contributed by atoms with van der Waals surface area (Å²) in [6, 6.07) is 32.1. The smallest absolute Gasteiger partial charge is 0.0704 e. The third-order valence-corrected chi connectivity index (χ3v) is 7.15. The van der Waals surface area contributed by atoms with Crippen molar-refractivity contribution in [3.8, 4) is 0 Å². The van der Waals surface area contributed by atoms with Gasteiger partial charge in [0, 0.05) is 34.7 Å². The van der Waals surface area contributed by atoms with Crippen molar-refractivity contribution < 1.29 is 0 Å². The van der Waals surface area contributed by atoms with E-state index in [2.05, 4.69) is 106 Å². The number of hydrogen-bond acceptors (Lipinski definition) is 3. The van der Waals surface area contributed by atoms with E-state index in [-0.39, 0.29) is 0 Å². The number of hydrogen-bond donors (Lipinski definition) is 0. The van der Waals surface area contributed by atoms with Crippen molar-refractivity contribution in [2.45, 2.75) is 17.8 Å². The minimum Gasteiger partial charge on any atom is -0.256 e. The lowest BCUT2D eigenvalue weighted by Crippen LogP contribution is -1.90. The average Bonchev–Trinajstić information content (AvgIpc) is 3.62. The molecule has 0 atom stereocenters. The van der Waals surface area contributed by atoms with Crippen molar-refractivity contribution in [1.29, 1.82) is 0 Å². The molecule has 156 valence electrons. The summed E-state index contributed by atoms with van der Waals surface area (Å²) in [5, 5.41) is 3.73. The van der Waals surface area contributed by atoms with Gasteiger partial charge in [0.1, 0.15) is 0 Å². The molecule has 0 saturated heterocycles. The van der Waals surface area contributed by atoms with Gasteiger partial charge in [-0.15, -0.1) is 0 Å². The summed E-state index contributed by atoms with van der Waals surface area (Å²) in [5.41, 5.74) is 7.28. The van der Waals surface area contributed by atoms with Gasteiger partial charge in [0.05, 0.1) is 16.6 Å². The number of benzene rings is 3. The molecule has 33 heavy (non-hydrogen) atoms. The number of aromatic nitrogens is 3. The molecule has 0 spiro atoms. The molecule has 7 rings (SSSR count). The molecular formula is C30H21N3. The lowest BCUT2D eigenvalue weighted by Gasteiger charge is -2.07. The first-order valence-corrected chi connectivity index (χ1v) is 11.4. The number of pyridine rings is 3. The van der Waals surface area contributed by atoms with Gasteiger partial charge in [-0.3, -0.25) is 15.0 Å². The molecule has 1 aliphatic rings. The molecule has 3 nitrogen and oxygen atoms in total. The lowest BCUT2D eigenvalue weighted by molar-refractivity contribution is 1.04. The second-order valence-electron chi connectivity index (χ2n) is 8.83. The van der Waals surface area contributed by atoms with Gasteiger partial charge in [0.15, 0.2) is 0 Å². The Balaban J connectivity index is 1.48. The number of para-hydroxylation sites is 3. The first-order valence-electron chi connectivity index (χ1n) is 11.4. The van der Waals surface area contributed by atoms with Crippen LogP contribution in [0.1, 0.15) is 34.4 Å². The normalized spacial score (nSPS) is 19.8. The Kier molecular flexibility index (Phi) is 4.03. The Bertz CT molecular complexity index is 1440. The largest absolute Gasteiger partial charge is 0.256 e. The lowest BCUT2D eigenvalue weighted by atomic mass is 9.99. The topological polar surface area (TPSA) is 38.7 Å². The maximum absolute atomic E-state index is 4.63. The van der Waals surface area contributed by atoms with Gasteiger partial charge >= 0.3 is 0 Å². The molecule has 0 aliphatic heterocycles. The molecule has 1 fully saturated rings. The van der Waals surface area contributed by atoms with Crippen LogP contribution in [0.3, 0.4) is 0 Å². The predicted octanol–water partition coefficient (Wildman–Crippen LogP) is 7.00. The Morgan fingerprint density at radius 3 is 1.00 bits per heavy atom. The van der Waals surface area contributed by atoms with Crippen LogP contribution < -0.4 is 0 Å². The van der Waals surface area contributed by atoms with E-state index in [9.17, 15) is 0 Å². The van der Waals surface area contributed by atoms with Crippen LogP contribution in [0.5, 0.6) is 0 Å². The maximum atomic E-state index is 4.63. The van der Waals surface area contributed by atoms with Crippen LogP contribution >= 0.6 is 0 Å². The maximum Gasteiger partial charge on any atom is 0.0704 e. The molecule has 6 aromatic rings. The van der Waals surface area contributed by atoms with Gasteiger partial charge in [-0.05, 0) is 70.8 Å². The fraction of sp³-hybridized carbons (Fsp3) is 0.100. The van der Waals surface area contributed by atoms with Crippen molar-refractivity contribution in [3.05, 3.63) is 126 Å². The molecule has 3 heteroatoms. The minimum atomic E-state index is 0.370. The molecule has 0 radical (unpaired) electrons. The first-order chi connectivity index (χ1) is 16.4. The third kappa shape index (κ3) is 2.86. The Morgan fingerprint density at radius 2 is 0.667 bits per heavy atom. The number of fused-ring (bicyclic) bond motifs is 3. The van der Waals surface area contributed by atoms with Gasteiger partial charge in [0.2, 0.25) is 0 Å². The van der Waals surface area contributed by atoms with Crippen molar-refractivity contribution in [3.63, 3.8) is 0 Å². The Labute approximate surface area is 191 Å². The summed E-state index contributed by atoms with van der Waals surface area (Å²) < 4.78 is 0. The zero-order chi connectivity index (χ0) is 21.8. The highest BCUT2D eigenvalue weighted by Gasteiger charge is 2.54. The summed E-state index contributed by atoms with van der Waals surface area (Å²) in [6.45, 7) is 0. The molecule has 1 aliphatic carbocycles. The van der Waals surface area contributed by atoms with E-state index in [1.807, 2.05) is 18.6 Å². The van der Waals surface area contributed by atoms with E-state index < -0.39 is 0 Å². The van der Waals surface area contributed by atoms with Gasteiger partial charge < -0.3 is 0 Å². The van der Waals surface area contributed by atoms with Crippen molar-refractivity contribution >= 4 is 32.7 Å². The SMILES string of the molecule is c1ccc2c(C3C(c4ccnc5ccccc45)C3c3ccnc4ccccc34)ccnc2c1. The van der Waals surface area contributed by atoms with E-state index in [1.165, 1.54) is 32.8 Å². The van der Waals surface area contributed by atoms with E-state index in [0.717, 1.165) is 16.6 Å². The number of nitrogens with zero attached hydrogens (tertiary/aromatic N) is 3. The minimum absolute atomic E-state index is 0.370. The van der Waals surface area contributed by atoms with Crippen LogP contribution in [0.15, 0.2) is 110 Å². The van der Waals surface area contributed by atoms with E-state index in [0.29, 0.717) is 17.8 Å². The summed E-state index contributed by atoms with van der Waals surface area (Å²) in [7, 11) is 0. The zero-order valence-electron chi connectivity index (χ0n) is 18.0. The molecule has 0 bridgehead atoms. The fourth-order valence-electron chi connectivity index (χ4n) is 5.70. The second-order valence-corrected chi connectivity index (χ2v) is 8.83. The van der Waals surface area contributed by atoms with Gasteiger partial charge in [0.25, 0.3) is 0 Å². The van der Waals surface area contributed by atoms with Crippen molar-refractivity contribution in [2.75, 3.05) is 0 Å². The summed E-state index contributed by atoms with van der Waals surface area (Å²) in [5.74, 6) is 1.11. The molecular weight excluding hydrogens is 402 g/mol. The van der Waals surface area contributed by atoms with Gasteiger partial charge in [-0.1, -0.05) is 54.6 Å². The highest BCUT2D eigenvalue weighted by molar-refractivity contribution is 5.89. The Hall–Kier alpha value is -4.11.